The number of aliphatic hydroxyl groups is 1. The van der Waals surface area contributed by atoms with E-state index in [2.05, 4.69) is 11.8 Å². The molecular formula is C15H27NO2. The first-order valence-electron chi connectivity index (χ1n) is 7.71. The van der Waals surface area contributed by atoms with Crippen molar-refractivity contribution in [2.75, 3.05) is 6.54 Å². The SMILES string of the molecule is CCCCC(=O)N1CCCCC1C1CCCC1O. The quantitative estimate of drug-likeness (QED) is 0.837. The van der Waals surface area contributed by atoms with Crippen LogP contribution in [0.3, 0.4) is 0 Å². The molecule has 1 aliphatic heterocycles. The molecule has 2 aliphatic rings. The molecule has 0 radical (unpaired) electrons. The summed E-state index contributed by atoms with van der Waals surface area (Å²) < 4.78 is 0. The fourth-order valence-electron chi connectivity index (χ4n) is 3.60. The Balaban J connectivity index is 1.98. The molecule has 0 bridgehead atoms. The molecule has 2 rings (SSSR count). The average Bonchev–Trinajstić information content (AvgIpc) is 2.82. The molecule has 1 heterocycles. The normalized spacial score (nSPS) is 32.8. The topological polar surface area (TPSA) is 40.5 Å². The highest BCUT2D eigenvalue weighted by molar-refractivity contribution is 5.76. The lowest BCUT2D eigenvalue weighted by Gasteiger charge is -2.40. The first kappa shape index (κ1) is 13.9. The summed E-state index contributed by atoms with van der Waals surface area (Å²) in [4.78, 5) is 14.4. The van der Waals surface area contributed by atoms with Gasteiger partial charge in [0.1, 0.15) is 0 Å². The smallest absolute Gasteiger partial charge is 0.222 e. The van der Waals surface area contributed by atoms with Crippen LogP contribution in [0.1, 0.15) is 64.7 Å². The van der Waals surface area contributed by atoms with Crippen LogP contribution in [-0.2, 0) is 4.79 Å². The summed E-state index contributed by atoms with van der Waals surface area (Å²) in [6.07, 6.45) is 9.19. The number of rotatable bonds is 4. The molecule has 3 nitrogen and oxygen atoms in total. The summed E-state index contributed by atoms with van der Waals surface area (Å²) >= 11 is 0. The van der Waals surface area contributed by atoms with Gasteiger partial charge in [-0.1, -0.05) is 19.8 Å². The van der Waals surface area contributed by atoms with E-state index >= 15 is 0 Å². The van der Waals surface area contributed by atoms with Gasteiger partial charge >= 0.3 is 0 Å². The Kier molecular flexibility index (Phi) is 5.04. The van der Waals surface area contributed by atoms with E-state index in [1.54, 1.807) is 0 Å². The molecule has 104 valence electrons. The lowest BCUT2D eigenvalue weighted by molar-refractivity contribution is -0.137. The summed E-state index contributed by atoms with van der Waals surface area (Å²) in [5.74, 6) is 0.663. The highest BCUT2D eigenvalue weighted by Crippen LogP contribution is 2.35. The van der Waals surface area contributed by atoms with E-state index < -0.39 is 0 Å². The molecule has 18 heavy (non-hydrogen) atoms. The number of likely N-dealkylation sites (tertiary alicyclic amines) is 1. The third kappa shape index (κ3) is 3.05. The van der Waals surface area contributed by atoms with Crippen molar-refractivity contribution in [3.63, 3.8) is 0 Å². The molecule has 0 aromatic carbocycles. The Morgan fingerprint density at radius 2 is 2.06 bits per heavy atom. The molecule has 1 amide bonds. The van der Waals surface area contributed by atoms with Crippen molar-refractivity contribution in [2.24, 2.45) is 5.92 Å². The maximum absolute atomic E-state index is 12.3. The Morgan fingerprint density at radius 3 is 2.72 bits per heavy atom. The van der Waals surface area contributed by atoms with Crippen LogP contribution in [0.25, 0.3) is 0 Å². The van der Waals surface area contributed by atoms with Gasteiger partial charge in [-0.05, 0) is 38.5 Å². The molecular weight excluding hydrogens is 226 g/mol. The zero-order valence-corrected chi connectivity index (χ0v) is 11.6. The van der Waals surface area contributed by atoms with Crippen LogP contribution in [0.5, 0.6) is 0 Å². The van der Waals surface area contributed by atoms with Crippen LogP contribution in [0.15, 0.2) is 0 Å². The van der Waals surface area contributed by atoms with Gasteiger partial charge in [0.05, 0.1) is 6.10 Å². The number of carbonyl (C=O) groups is 1. The van der Waals surface area contributed by atoms with Crippen LogP contribution in [0.4, 0.5) is 0 Å². The number of carbonyl (C=O) groups excluding carboxylic acids is 1. The average molecular weight is 253 g/mol. The molecule has 1 saturated carbocycles. The van der Waals surface area contributed by atoms with E-state index in [4.69, 9.17) is 0 Å². The van der Waals surface area contributed by atoms with Gasteiger partial charge in [0.15, 0.2) is 0 Å². The summed E-state index contributed by atoms with van der Waals surface area (Å²) in [6, 6.07) is 0.320. The second-order valence-corrected chi connectivity index (χ2v) is 5.92. The van der Waals surface area contributed by atoms with Gasteiger partial charge in [-0.3, -0.25) is 4.79 Å². The lowest BCUT2D eigenvalue weighted by Crippen LogP contribution is -2.49. The number of nitrogens with zero attached hydrogens (tertiary/aromatic N) is 1. The molecule has 3 unspecified atom stereocenters. The van der Waals surface area contributed by atoms with Gasteiger partial charge in [0.25, 0.3) is 0 Å². The van der Waals surface area contributed by atoms with Crippen molar-refractivity contribution in [2.45, 2.75) is 76.9 Å². The van der Waals surface area contributed by atoms with Crippen LogP contribution >= 0.6 is 0 Å². The first-order valence-corrected chi connectivity index (χ1v) is 7.71. The minimum absolute atomic E-state index is 0.172. The summed E-state index contributed by atoms with van der Waals surface area (Å²) in [6.45, 7) is 3.04. The van der Waals surface area contributed by atoms with Gasteiger partial charge in [0.2, 0.25) is 5.91 Å². The third-order valence-corrected chi connectivity index (χ3v) is 4.64. The van der Waals surface area contributed by atoms with Crippen molar-refractivity contribution >= 4 is 5.91 Å². The molecule has 3 atom stereocenters. The zero-order chi connectivity index (χ0) is 13.0. The van der Waals surface area contributed by atoms with E-state index in [1.165, 1.54) is 6.42 Å². The Labute approximate surface area is 111 Å². The standard InChI is InChI=1S/C15H27NO2/c1-2-3-10-15(18)16-11-5-4-8-13(16)12-7-6-9-14(12)17/h12-14,17H,2-11H2,1H3. The number of amides is 1. The molecule has 0 spiro atoms. The minimum Gasteiger partial charge on any atom is -0.393 e. The van der Waals surface area contributed by atoms with Gasteiger partial charge in [-0.25, -0.2) is 0 Å². The Morgan fingerprint density at radius 1 is 1.22 bits per heavy atom. The molecule has 0 aromatic heterocycles. The highest BCUT2D eigenvalue weighted by Gasteiger charge is 2.38. The second-order valence-electron chi connectivity index (χ2n) is 5.92. The molecule has 2 fully saturated rings. The summed E-state index contributed by atoms with van der Waals surface area (Å²) in [5, 5.41) is 10.1. The van der Waals surface area contributed by atoms with Gasteiger partial charge in [-0.2, -0.15) is 0 Å². The predicted molar refractivity (Wildman–Crippen MR) is 72.2 cm³/mol. The number of piperidine rings is 1. The predicted octanol–water partition coefficient (Wildman–Crippen LogP) is 2.72. The molecule has 1 N–H and O–H groups in total. The van der Waals surface area contributed by atoms with Crippen molar-refractivity contribution in [3.8, 4) is 0 Å². The lowest BCUT2D eigenvalue weighted by atomic mass is 9.87. The monoisotopic (exact) mass is 253 g/mol. The Hall–Kier alpha value is -0.570. The zero-order valence-electron chi connectivity index (χ0n) is 11.6. The maximum Gasteiger partial charge on any atom is 0.222 e. The second kappa shape index (κ2) is 6.55. The highest BCUT2D eigenvalue weighted by atomic mass is 16.3. The van der Waals surface area contributed by atoms with Crippen molar-refractivity contribution in [3.05, 3.63) is 0 Å². The van der Waals surface area contributed by atoms with Crippen LogP contribution in [0.2, 0.25) is 0 Å². The largest absolute Gasteiger partial charge is 0.393 e. The van der Waals surface area contributed by atoms with E-state index in [0.717, 1.165) is 51.5 Å². The number of unbranched alkanes of at least 4 members (excludes halogenated alkanes) is 1. The van der Waals surface area contributed by atoms with Gasteiger partial charge in [0, 0.05) is 24.9 Å². The fraction of sp³-hybridized carbons (Fsp3) is 0.933. The van der Waals surface area contributed by atoms with Crippen LogP contribution < -0.4 is 0 Å². The van der Waals surface area contributed by atoms with E-state index in [1.807, 2.05) is 0 Å². The van der Waals surface area contributed by atoms with E-state index in [9.17, 15) is 9.90 Å². The number of hydrogen-bond donors (Lipinski definition) is 1. The molecule has 0 aromatic rings. The number of aliphatic hydroxyl groups excluding tert-OH is 1. The summed E-state index contributed by atoms with van der Waals surface area (Å²) in [5.41, 5.74) is 0. The van der Waals surface area contributed by atoms with Crippen molar-refractivity contribution < 1.29 is 9.90 Å². The minimum atomic E-state index is -0.172. The first-order chi connectivity index (χ1) is 8.74. The van der Waals surface area contributed by atoms with Crippen LogP contribution in [-0.4, -0.2) is 34.6 Å². The van der Waals surface area contributed by atoms with Gasteiger partial charge in [-0.15, -0.1) is 0 Å². The Bertz CT molecular complexity index is 280. The van der Waals surface area contributed by atoms with Gasteiger partial charge < -0.3 is 10.0 Å². The number of hydrogen-bond acceptors (Lipinski definition) is 2. The van der Waals surface area contributed by atoms with Crippen molar-refractivity contribution in [1.29, 1.82) is 0 Å². The molecule has 3 heteroatoms. The van der Waals surface area contributed by atoms with Crippen LogP contribution in [0, 0.1) is 5.92 Å². The van der Waals surface area contributed by atoms with E-state index in [-0.39, 0.29) is 6.10 Å². The van der Waals surface area contributed by atoms with E-state index in [0.29, 0.717) is 24.3 Å². The fourth-order valence-corrected chi connectivity index (χ4v) is 3.60. The molecule has 1 saturated heterocycles. The maximum atomic E-state index is 12.3. The van der Waals surface area contributed by atoms with Crippen molar-refractivity contribution in [1.82, 2.24) is 4.90 Å². The third-order valence-electron chi connectivity index (χ3n) is 4.64. The summed E-state index contributed by atoms with van der Waals surface area (Å²) in [7, 11) is 0. The molecule has 1 aliphatic carbocycles.